The van der Waals surface area contributed by atoms with Crippen LogP contribution in [0, 0.1) is 12.7 Å². The van der Waals surface area contributed by atoms with Gasteiger partial charge in [-0.25, -0.2) is 4.39 Å². The van der Waals surface area contributed by atoms with Crippen LogP contribution in [0.5, 0.6) is 5.75 Å². The fraction of sp³-hybridized carbons (Fsp3) is 0.500. The monoisotopic (exact) mass is 212 g/mol. The molecule has 0 atom stereocenters. The molecular weight excluding hydrogens is 195 g/mol. The third kappa shape index (κ3) is 2.29. The van der Waals surface area contributed by atoms with E-state index in [1.165, 1.54) is 6.07 Å². The van der Waals surface area contributed by atoms with Crippen molar-refractivity contribution in [2.75, 3.05) is 13.7 Å². The van der Waals surface area contributed by atoms with Gasteiger partial charge in [0.25, 0.3) is 0 Å². The van der Waals surface area contributed by atoms with Gasteiger partial charge in [-0.15, -0.1) is 0 Å². The molecule has 0 aliphatic rings. The highest BCUT2D eigenvalue weighted by atomic mass is 19.1. The van der Waals surface area contributed by atoms with Crippen molar-refractivity contribution >= 4 is 0 Å². The molecule has 0 amide bonds. The third-order valence-electron chi connectivity index (χ3n) is 2.61. The van der Waals surface area contributed by atoms with E-state index in [0.29, 0.717) is 11.3 Å². The normalized spacial score (nSPS) is 11.6. The summed E-state index contributed by atoms with van der Waals surface area (Å²) in [6, 6.07) is 3.09. The zero-order valence-corrected chi connectivity index (χ0v) is 9.60. The summed E-state index contributed by atoms with van der Waals surface area (Å²) in [5.74, 6) is 0.347. The molecule has 1 N–H and O–H groups in total. The largest absolute Gasteiger partial charge is 0.496 e. The first-order chi connectivity index (χ1) is 6.92. The standard InChI is InChI=1S/C12H17FO2/c1-8-5-10(13)9(6-11(8)15-4)12(2,3)7-14/h5-6,14H,7H2,1-4H3. The minimum absolute atomic E-state index is 0.101. The molecule has 0 unspecified atom stereocenters. The summed E-state index contributed by atoms with van der Waals surface area (Å²) in [5, 5.41) is 9.20. The minimum Gasteiger partial charge on any atom is -0.496 e. The molecule has 0 aromatic heterocycles. The first-order valence-electron chi connectivity index (χ1n) is 4.88. The Morgan fingerprint density at radius 3 is 2.47 bits per heavy atom. The Labute approximate surface area is 89.7 Å². The number of rotatable bonds is 3. The van der Waals surface area contributed by atoms with Crippen LogP contribution in [-0.4, -0.2) is 18.8 Å². The van der Waals surface area contributed by atoms with Crippen molar-refractivity contribution in [3.05, 3.63) is 29.1 Å². The second-order valence-electron chi connectivity index (χ2n) is 4.34. The summed E-state index contributed by atoms with van der Waals surface area (Å²) >= 11 is 0. The molecule has 0 heterocycles. The van der Waals surface area contributed by atoms with E-state index < -0.39 is 5.41 Å². The van der Waals surface area contributed by atoms with Crippen LogP contribution >= 0.6 is 0 Å². The molecule has 15 heavy (non-hydrogen) atoms. The van der Waals surface area contributed by atoms with E-state index in [1.807, 2.05) is 0 Å². The van der Waals surface area contributed by atoms with Gasteiger partial charge in [0, 0.05) is 5.41 Å². The number of benzene rings is 1. The van der Waals surface area contributed by atoms with E-state index in [-0.39, 0.29) is 12.4 Å². The molecule has 0 aliphatic carbocycles. The topological polar surface area (TPSA) is 29.5 Å². The second-order valence-corrected chi connectivity index (χ2v) is 4.34. The summed E-state index contributed by atoms with van der Waals surface area (Å²) < 4.78 is 18.8. The summed E-state index contributed by atoms with van der Waals surface area (Å²) in [4.78, 5) is 0. The number of ether oxygens (including phenoxy) is 1. The van der Waals surface area contributed by atoms with Crippen LogP contribution in [0.15, 0.2) is 12.1 Å². The maximum Gasteiger partial charge on any atom is 0.127 e. The molecule has 3 heteroatoms. The van der Waals surface area contributed by atoms with Crippen molar-refractivity contribution in [3.8, 4) is 5.75 Å². The van der Waals surface area contributed by atoms with Crippen LogP contribution in [0.1, 0.15) is 25.0 Å². The van der Waals surface area contributed by atoms with E-state index in [4.69, 9.17) is 4.74 Å². The molecule has 0 radical (unpaired) electrons. The van der Waals surface area contributed by atoms with Gasteiger partial charge in [-0.3, -0.25) is 0 Å². The average Bonchev–Trinajstić information content (AvgIpc) is 2.17. The molecule has 0 spiro atoms. The van der Waals surface area contributed by atoms with Gasteiger partial charge in [0.1, 0.15) is 11.6 Å². The first-order valence-corrected chi connectivity index (χ1v) is 4.88. The van der Waals surface area contributed by atoms with Crippen molar-refractivity contribution in [1.82, 2.24) is 0 Å². The number of aliphatic hydroxyl groups is 1. The highest BCUT2D eigenvalue weighted by Crippen LogP contribution is 2.30. The molecule has 0 aliphatic heterocycles. The molecule has 0 saturated carbocycles. The number of aliphatic hydroxyl groups excluding tert-OH is 1. The smallest absolute Gasteiger partial charge is 0.127 e. The number of hydrogen-bond acceptors (Lipinski definition) is 2. The minimum atomic E-state index is -0.592. The number of halogens is 1. The van der Waals surface area contributed by atoms with Crippen LogP contribution in [0.2, 0.25) is 0 Å². The first kappa shape index (κ1) is 12.0. The predicted molar refractivity (Wildman–Crippen MR) is 57.8 cm³/mol. The Morgan fingerprint density at radius 2 is 2.00 bits per heavy atom. The van der Waals surface area contributed by atoms with Gasteiger partial charge in [0.2, 0.25) is 0 Å². The van der Waals surface area contributed by atoms with E-state index in [0.717, 1.165) is 5.56 Å². The lowest BCUT2D eigenvalue weighted by Crippen LogP contribution is -2.23. The van der Waals surface area contributed by atoms with Crippen molar-refractivity contribution in [2.24, 2.45) is 0 Å². The van der Waals surface area contributed by atoms with E-state index >= 15 is 0 Å². The van der Waals surface area contributed by atoms with Crippen LogP contribution in [-0.2, 0) is 5.41 Å². The third-order valence-corrected chi connectivity index (χ3v) is 2.61. The number of aryl methyl sites for hydroxylation is 1. The molecule has 0 saturated heterocycles. The predicted octanol–water partition coefficient (Wildman–Crippen LogP) is 2.41. The van der Waals surface area contributed by atoms with Crippen LogP contribution in [0.25, 0.3) is 0 Å². The average molecular weight is 212 g/mol. The maximum absolute atomic E-state index is 13.7. The summed E-state index contributed by atoms with van der Waals surface area (Å²) in [7, 11) is 1.55. The Bertz CT molecular complexity index is 359. The Hall–Kier alpha value is -1.09. The zero-order valence-electron chi connectivity index (χ0n) is 9.60. The summed E-state index contributed by atoms with van der Waals surface area (Å²) in [5.41, 5.74) is 0.644. The Kier molecular flexibility index (Phi) is 3.35. The van der Waals surface area contributed by atoms with Gasteiger partial charge in [-0.2, -0.15) is 0 Å². The lowest BCUT2D eigenvalue weighted by atomic mass is 9.84. The van der Waals surface area contributed by atoms with Crippen molar-refractivity contribution in [3.63, 3.8) is 0 Å². The molecule has 2 nitrogen and oxygen atoms in total. The lowest BCUT2D eigenvalue weighted by Gasteiger charge is -2.24. The number of methoxy groups -OCH3 is 1. The van der Waals surface area contributed by atoms with Crippen LogP contribution in [0.4, 0.5) is 4.39 Å². The Morgan fingerprint density at radius 1 is 1.40 bits per heavy atom. The van der Waals surface area contributed by atoms with Gasteiger partial charge in [0.05, 0.1) is 13.7 Å². The second kappa shape index (κ2) is 4.19. The summed E-state index contributed by atoms with van der Waals surface area (Å²) in [6.07, 6.45) is 0. The molecular formula is C12H17FO2. The fourth-order valence-electron chi connectivity index (χ4n) is 1.48. The molecule has 1 rings (SSSR count). The highest BCUT2D eigenvalue weighted by Gasteiger charge is 2.24. The van der Waals surface area contributed by atoms with Crippen LogP contribution in [0.3, 0.4) is 0 Å². The summed E-state index contributed by atoms with van der Waals surface area (Å²) in [6.45, 7) is 5.27. The van der Waals surface area contributed by atoms with E-state index in [2.05, 4.69) is 0 Å². The van der Waals surface area contributed by atoms with Crippen LogP contribution < -0.4 is 4.74 Å². The van der Waals surface area contributed by atoms with Gasteiger partial charge in [-0.1, -0.05) is 13.8 Å². The Balaban J connectivity index is 3.30. The van der Waals surface area contributed by atoms with E-state index in [1.54, 1.807) is 33.9 Å². The molecule has 84 valence electrons. The van der Waals surface area contributed by atoms with Crippen molar-refractivity contribution in [2.45, 2.75) is 26.2 Å². The van der Waals surface area contributed by atoms with E-state index in [9.17, 15) is 9.50 Å². The molecule has 1 aromatic carbocycles. The SMILES string of the molecule is COc1cc(C(C)(C)CO)c(F)cc1C. The highest BCUT2D eigenvalue weighted by molar-refractivity contribution is 5.40. The van der Waals surface area contributed by atoms with Gasteiger partial charge >= 0.3 is 0 Å². The van der Waals surface area contributed by atoms with Crippen molar-refractivity contribution in [1.29, 1.82) is 0 Å². The lowest BCUT2D eigenvalue weighted by molar-refractivity contribution is 0.214. The quantitative estimate of drug-likeness (QED) is 0.833. The molecule has 0 bridgehead atoms. The number of hydrogen-bond donors (Lipinski definition) is 1. The zero-order chi connectivity index (χ0) is 11.6. The maximum atomic E-state index is 13.7. The van der Waals surface area contributed by atoms with Gasteiger partial charge in [0.15, 0.2) is 0 Å². The fourth-order valence-corrected chi connectivity index (χ4v) is 1.48. The van der Waals surface area contributed by atoms with Gasteiger partial charge in [-0.05, 0) is 30.2 Å². The van der Waals surface area contributed by atoms with Crippen molar-refractivity contribution < 1.29 is 14.2 Å². The molecule has 1 aromatic rings. The molecule has 0 fully saturated rings. The van der Waals surface area contributed by atoms with Gasteiger partial charge < -0.3 is 9.84 Å².